The second-order valence-electron chi connectivity index (χ2n) is 5.03. The molecule has 0 fully saturated rings. The molecular formula is C15H15N3O6. The number of fused-ring (bicyclic) bond motifs is 1. The van der Waals surface area contributed by atoms with Gasteiger partial charge in [-0.25, -0.2) is 4.98 Å². The number of hydrogen-bond acceptors (Lipinski definition) is 7. The molecule has 0 spiro atoms. The molecule has 0 saturated carbocycles. The van der Waals surface area contributed by atoms with E-state index in [9.17, 15) is 9.59 Å². The number of nitrogens with two attached hydrogens (primary N) is 1. The fraction of sp³-hybridized carbons (Fsp3) is 0.267. The molecule has 2 aromatic rings. The van der Waals surface area contributed by atoms with Gasteiger partial charge in [0, 0.05) is 6.07 Å². The van der Waals surface area contributed by atoms with Crippen LogP contribution in [0.15, 0.2) is 28.9 Å². The van der Waals surface area contributed by atoms with Crippen molar-refractivity contribution in [3.63, 3.8) is 0 Å². The topological polar surface area (TPSA) is 126 Å². The Balaban J connectivity index is 1.58. The molecule has 0 radical (unpaired) electrons. The van der Waals surface area contributed by atoms with Gasteiger partial charge in [-0.3, -0.25) is 9.59 Å². The van der Waals surface area contributed by atoms with Gasteiger partial charge in [0.1, 0.15) is 18.1 Å². The number of carbonyl (C=O) groups excluding carboxylic acids is 2. The Labute approximate surface area is 136 Å². The number of oxazole rings is 1. The van der Waals surface area contributed by atoms with Crippen molar-refractivity contribution in [1.29, 1.82) is 0 Å². The maximum Gasteiger partial charge on any atom is 0.273 e. The van der Waals surface area contributed by atoms with E-state index in [-0.39, 0.29) is 25.0 Å². The number of nitrogens with zero attached hydrogens (tertiary/aromatic N) is 1. The lowest BCUT2D eigenvalue weighted by molar-refractivity contribution is -0.119. The van der Waals surface area contributed by atoms with Crippen LogP contribution in [0.1, 0.15) is 23.3 Å². The molecule has 0 bridgehead atoms. The number of carbonyl (C=O) groups is 2. The monoisotopic (exact) mass is 333 g/mol. The van der Waals surface area contributed by atoms with Crippen LogP contribution in [0.4, 0.5) is 0 Å². The molecule has 3 N–H and O–H groups in total. The van der Waals surface area contributed by atoms with Crippen LogP contribution < -0.4 is 25.3 Å². The lowest BCUT2D eigenvalue weighted by Gasteiger charge is -2.07. The molecule has 2 heterocycles. The van der Waals surface area contributed by atoms with E-state index in [0.29, 0.717) is 17.2 Å². The first-order valence-corrected chi connectivity index (χ1v) is 7.10. The second kappa shape index (κ2) is 6.49. The third-order valence-electron chi connectivity index (χ3n) is 3.27. The molecule has 9 nitrogen and oxygen atoms in total. The van der Waals surface area contributed by atoms with Gasteiger partial charge in [0.05, 0.1) is 0 Å². The van der Waals surface area contributed by atoms with Crippen molar-refractivity contribution in [2.45, 2.75) is 19.6 Å². The fourth-order valence-corrected chi connectivity index (χ4v) is 1.93. The molecule has 1 aromatic carbocycles. The molecule has 1 atom stereocenters. The highest BCUT2D eigenvalue weighted by Crippen LogP contribution is 2.35. The summed E-state index contributed by atoms with van der Waals surface area (Å²) in [4.78, 5) is 26.8. The number of ether oxygens (including phenoxy) is 3. The number of amides is 2. The predicted octanol–water partition coefficient (Wildman–Crippen LogP) is 0.586. The molecule has 0 saturated heterocycles. The number of hydrogen-bond donors (Lipinski definition) is 2. The zero-order chi connectivity index (χ0) is 17.1. The molecule has 1 aromatic heterocycles. The number of benzene rings is 1. The van der Waals surface area contributed by atoms with Gasteiger partial charge in [0.15, 0.2) is 23.8 Å². The summed E-state index contributed by atoms with van der Waals surface area (Å²) in [6, 6.07) is 4.34. The van der Waals surface area contributed by atoms with E-state index in [2.05, 4.69) is 10.3 Å². The Morgan fingerprint density at radius 3 is 2.96 bits per heavy atom. The normalized spacial score (nSPS) is 13.4. The Morgan fingerprint density at radius 1 is 1.38 bits per heavy atom. The summed E-state index contributed by atoms with van der Waals surface area (Å²) in [5, 5.41) is 2.40. The van der Waals surface area contributed by atoms with Gasteiger partial charge < -0.3 is 29.7 Å². The highest BCUT2D eigenvalue weighted by atomic mass is 16.7. The fourth-order valence-electron chi connectivity index (χ4n) is 1.93. The summed E-state index contributed by atoms with van der Waals surface area (Å²) >= 11 is 0. The quantitative estimate of drug-likeness (QED) is 0.792. The third kappa shape index (κ3) is 3.40. The number of aromatic nitrogens is 1. The van der Waals surface area contributed by atoms with Crippen LogP contribution in [0, 0.1) is 0 Å². The molecule has 1 aliphatic heterocycles. The Bertz CT molecular complexity index is 772. The van der Waals surface area contributed by atoms with E-state index in [1.165, 1.54) is 13.2 Å². The summed E-state index contributed by atoms with van der Waals surface area (Å²) in [6.45, 7) is 1.68. The SMILES string of the molecule is C[C@H](NC(=O)c1coc(COc2ccc3c(c2)OCO3)n1)C(N)=O. The molecule has 0 unspecified atom stereocenters. The molecule has 9 heteroatoms. The van der Waals surface area contributed by atoms with Gasteiger partial charge in [-0.05, 0) is 19.1 Å². The first kappa shape index (κ1) is 15.7. The minimum absolute atomic E-state index is 0.0261. The summed E-state index contributed by atoms with van der Waals surface area (Å²) < 4.78 is 21.2. The number of primary amides is 1. The molecule has 1 aliphatic rings. The van der Waals surface area contributed by atoms with Crippen molar-refractivity contribution in [2.24, 2.45) is 5.73 Å². The van der Waals surface area contributed by atoms with Crippen molar-refractivity contribution in [1.82, 2.24) is 10.3 Å². The average Bonchev–Trinajstić information content (AvgIpc) is 3.21. The molecule has 3 rings (SSSR count). The van der Waals surface area contributed by atoms with E-state index >= 15 is 0 Å². The van der Waals surface area contributed by atoms with Crippen LogP contribution >= 0.6 is 0 Å². The maximum atomic E-state index is 11.9. The van der Waals surface area contributed by atoms with Crippen molar-refractivity contribution < 1.29 is 28.2 Å². The van der Waals surface area contributed by atoms with Crippen molar-refractivity contribution in [3.8, 4) is 17.2 Å². The number of rotatable bonds is 6. The number of nitrogens with one attached hydrogen (secondary N) is 1. The molecule has 2 amide bonds. The highest BCUT2D eigenvalue weighted by molar-refractivity contribution is 5.95. The van der Waals surface area contributed by atoms with Crippen LogP contribution in [-0.4, -0.2) is 29.6 Å². The summed E-state index contributed by atoms with van der Waals surface area (Å²) in [7, 11) is 0. The Kier molecular flexibility index (Phi) is 4.23. The lowest BCUT2D eigenvalue weighted by atomic mass is 10.3. The molecule has 126 valence electrons. The Hall–Kier alpha value is -3.23. The van der Waals surface area contributed by atoms with E-state index in [0.717, 1.165) is 0 Å². The van der Waals surface area contributed by atoms with Gasteiger partial charge in [-0.15, -0.1) is 0 Å². The van der Waals surface area contributed by atoms with Crippen molar-refractivity contribution in [2.75, 3.05) is 6.79 Å². The van der Waals surface area contributed by atoms with E-state index in [1.54, 1.807) is 18.2 Å². The van der Waals surface area contributed by atoms with Gasteiger partial charge in [0.25, 0.3) is 5.91 Å². The first-order valence-electron chi connectivity index (χ1n) is 7.10. The molecule has 24 heavy (non-hydrogen) atoms. The van der Waals surface area contributed by atoms with E-state index in [1.807, 2.05) is 0 Å². The van der Waals surface area contributed by atoms with E-state index < -0.39 is 17.9 Å². The second-order valence-corrected chi connectivity index (χ2v) is 5.03. The highest BCUT2D eigenvalue weighted by Gasteiger charge is 2.18. The van der Waals surface area contributed by atoms with Crippen molar-refractivity contribution in [3.05, 3.63) is 36.0 Å². The van der Waals surface area contributed by atoms with Crippen LogP contribution in [0.3, 0.4) is 0 Å². The molecule has 0 aliphatic carbocycles. The smallest absolute Gasteiger partial charge is 0.273 e. The largest absolute Gasteiger partial charge is 0.484 e. The zero-order valence-corrected chi connectivity index (χ0v) is 12.8. The van der Waals surface area contributed by atoms with E-state index in [4.69, 9.17) is 24.4 Å². The van der Waals surface area contributed by atoms with Crippen LogP contribution in [0.25, 0.3) is 0 Å². The van der Waals surface area contributed by atoms with Crippen LogP contribution in [-0.2, 0) is 11.4 Å². The zero-order valence-electron chi connectivity index (χ0n) is 12.8. The minimum Gasteiger partial charge on any atom is -0.484 e. The van der Waals surface area contributed by atoms with Crippen LogP contribution in [0.2, 0.25) is 0 Å². The van der Waals surface area contributed by atoms with Crippen molar-refractivity contribution >= 4 is 11.8 Å². The average molecular weight is 333 g/mol. The maximum absolute atomic E-state index is 11.9. The van der Waals surface area contributed by atoms with Gasteiger partial charge in [-0.1, -0.05) is 0 Å². The lowest BCUT2D eigenvalue weighted by Crippen LogP contribution is -2.42. The summed E-state index contributed by atoms with van der Waals surface area (Å²) in [5.74, 6) is 0.814. The van der Waals surface area contributed by atoms with Gasteiger partial charge in [0.2, 0.25) is 18.6 Å². The molecular weight excluding hydrogens is 318 g/mol. The Morgan fingerprint density at radius 2 is 2.17 bits per heavy atom. The van der Waals surface area contributed by atoms with Crippen LogP contribution in [0.5, 0.6) is 17.2 Å². The van der Waals surface area contributed by atoms with Gasteiger partial charge >= 0.3 is 0 Å². The standard InChI is InChI=1S/C15H15N3O6/c1-8(14(16)19)17-15(20)10-5-22-13(18-10)6-21-9-2-3-11-12(4-9)24-7-23-11/h2-5,8H,6-7H2,1H3,(H2,16,19)(H,17,20)/t8-/m0/s1. The summed E-state index contributed by atoms with van der Waals surface area (Å²) in [6.07, 6.45) is 1.18. The minimum atomic E-state index is -0.803. The third-order valence-corrected chi connectivity index (χ3v) is 3.27. The first-order chi connectivity index (χ1) is 11.5. The van der Waals surface area contributed by atoms with Gasteiger partial charge in [-0.2, -0.15) is 0 Å². The predicted molar refractivity (Wildman–Crippen MR) is 79.5 cm³/mol. The summed E-state index contributed by atoms with van der Waals surface area (Å²) in [5.41, 5.74) is 5.12.